The molecule has 0 fully saturated rings. The van der Waals surface area contributed by atoms with Gasteiger partial charge in [0.1, 0.15) is 4.47 Å². The average molecular weight is 425 g/mol. The third kappa shape index (κ3) is 2.84. The summed E-state index contributed by atoms with van der Waals surface area (Å²) in [6.45, 7) is 4.98. The second-order valence-electron chi connectivity index (χ2n) is 4.15. The SMILES string of the molecule is CCc1nn(CC)c(Cn2ncc(Br)c(Br)c2=O)c1Cl. The van der Waals surface area contributed by atoms with Crippen LogP contribution in [0.4, 0.5) is 0 Å². The molecule has 2 aromatic heterocycles. The van der Waals surface area contributed by atoms with E-state index >= 15 is 0 Å². The van der Waals surface area contributed by atoms with Gasteiger partial charge in [-0.25, -0.2) is 4.68 Å². The summed E-state index contributed by atoms with van der Waals surface area (Å²) < 4.78 is 4.25. The Labute approximate surface area is 138 Å². The van der Waals surface area contributed by atoms with Crippen molar-refractivity contribution in [3.63, 3.8) is 0 Å². The van der Waals surface area contributed by atoms with Gasteiger partial charge in [-0.15, -0.1) is 0 Å². The van der Waals surface area contributed by atoms with Gasteiger partial charge in [0.15, 0.2) is 0 Å². The summed E-state index contributed by atoms with van der Waals surface area (Å²) in [7, 11) is 0. The maximum absolute atomic E-state index is 12.1. The Hall–Kier alpha value is -0.660. The van der Waals surface area contributed by atoms with E-state index < -0.39 is 0 Å². The van der Waals surface area contributed by atoms with Crippen LogP contribution in [0.25, 0.3) is 0 Å². The van der Waals surface area contributed by atoms with E-state index in [0.717, 1.165) is 17.8 Å². The third-order valence-electron chi connectivity index (χ3n) is 2.94. The molecular weight excluding hydrogens is 411 g/mol. The van der Waals surface area contributed by atoms with Crippen molar-refractivity contribution in [3.05, 3.63) is 41.9 Å². The number of hydrogen-bond donors (Lipinski definition) is 0. The third-order valence-corrected chi connectivity index (χ3v) is 5.27. The van der Waals surface area contributed by atoms with E-state index in [2.05, 4.69) is 42.1 Å². The lowest BCUT2D eigenvalue weighted by atomic mass is 10.3. The van der Waals surface area contributed by atoms with Gasteiger partial charge in [-0.1, -0.05) is 18.5 Å². The Morgan fingerprint density at radius 2 is 2.00 bits per heavy atom. The molecule has 2 heterocycles. The highest BCUT2D eigenvalue weighted by Gasteiger charge is 2.16. The molecule has 0 aromatic carbocycles. The molecule has 0 atom stereocenters. The molecule has 2 aromatic rings. The van der Waals surface area contributed by atoms with E-state index in [9.17, 15) is 4.79 Å². The molecule has 0 saturated heterocycles. The molecule has 0 aliphatic carbocycles. The minimum Gasteiger partial charge on any atom is -0.266 e. The van der Waals surface area contributed by atoms with Gasteiger partial charge in [-0.05, 0) is 45.2 Å². The molecule has 2 rings (SSSR count). The van der Waals surface area contributed by atoms with Gasteiger partial charge >= 0.3 is 0 Å². The van der Waals surface area contributed by atoms with Crippen LogP contribution in [0.2, 0.25) is 5.02 Å². The highest BCUT2D eigenvalue weighted by molar-refractivity contribution is 9.13. The first-order valence-corrected chi connectivity index (χ1v) is 8.11. The quantitative estimate of drug-likeness (QED) is 0.757. The Bertz CT molecular complexity index is 695. The minimum absolute atomic E-state index is 0.211. The van der Waals surface area contributed by atoms with E-state index in [1.807, 2.05) is 18.5 Å². The number of rotatable bonds is 4. The summed E-state index contributed by atoms with van der Waals surface area (Å²) in [4.78, 5) is 12.1. The molecule has 8 heteroatoms. The molecule has 108 valence electrons. The molecule has 5 nitrogen and oxygen atoms in total. The van der Waals surface area contributed by atoms with Crippen LogP contribution < -0.4 is 5.56 Å². The first-order valence-electron chi connectivity index (χ1n) is 6.14. The number of hydrogen-bond acceptors (Lipinski definition) is 3. The molecule has 0 amide bonds. The fourth-order valence-electron chi connectivity index (χ4n) is 1.87. The molecule has 0 radical (unpaired) electrons. The van der Waals surface area contributed by atoms with Crippen LogP contribution >= 0.6 is 43.5 Å². The molecule has 0 N–H and O–H groups in total. The van der Waals surface area contributed by atoms with Crippen LogP contribution in [-0.2, 0) is 19.5 Å². The topological polar surface area (TPSA) is 52.7 Å². The standard InChI is InChI=1S/C12H13Br2ClN4O/c1-3-8-11(15)9(18(4-2)17-8)6-19-12(20)10(14)7(13)5-16-19/h5H,3-4,6H2,1-2H3. The van der Waals surface area contributed by atoms with Crippen molar-refractivity contribution in [3.8, 4) is 0 Å². The van der Waals surface area contributed by atoms with Crippen molar-refractivity contribution in [2.45, 2.75) is 33.4 Å². The van der Waals surface area contributed by atoms with Crippen LogP contribution in [0.15, 0.2) is 19.9 Å². The molecule has 0 spiro atoms. The van der Waals surface area contributed by atoms with Gasteiger partial charge in [-0.3, -0.25) is 9.48 Å². The van der Waals surface area contributed by atoms with Crippen molar-refractivity contribution in [2.75, 3.05) is 0 Å². The van der Waals surface area contributed by atoms with E-state index in [4.69, 9.17) is 11.6 Å². The molecule has 0 saturated carbocycles. The van der Waals surface area contributed by atoms with Crippen molar-refractivity contribution >= 4 is 43.5 Å². The highest BCUT2D eigenvalue weighted by Crippen LogP contribution is 2.22. The van der Waals surface area contributed by atoms with Crippen molar-refractivity contribution < 1.29 is 0 Å². The van der Waals surface area contributed by atoms with Gasteiger partial charge in [0.05, 0.1) is 33.6 Å². The summed E-state index contributed by atoms with van der Waals surface area (Å²) in [5.41, 5.74) is 1.43. The van der Waals surface area contributed by atoms with Crippen LogP contribution in [0.1, 0.15) is 25.2 Å². The minimum atomic E-state index is -0.211. The molecule has 0 unspecified atom stereocenters. The molecule has 0 bridgehead atoms. The van der Waals surface area contributed by atoms with Crippen molar-refractivity contribution in [1.82, 2.24) is 19.6 Å². The maximum atomic E-state index is 12.1. The Morgan fingerprint density at radius 3 is 2.60 bits per heavy atom. The lowest BCUT2D eigenvalue weighted by molar-refractivity contribution is 0.556. The van der Waals surface area contributed by atoms with E-state index in [-0.39, 0.29) is 5.56 Å². The Morgan fingerprint density at radius 1 is 1.30 bits per heavy atom. The second-order valence-corrected chi connectivity index (χ2v) is 6.17. The number of halogens is 3. The summed E-state index contributed by atoms with van der Waals surface area (Å²) in [6.07, 6.45) is 2.33. The second kappa shape index (κ2) is 6.41. The zero-order valence-corrected chi connectivity index (χ0v) is 15.0. The average Bonchev–Trinajstić information content (AvgIpc) is 2.75. The lowest BCUT2D eigenvalue weighted by Gasteiger charge is -2.08. The number of aromatic nitrogens is 4. The zero-order valence-electron chi connectivity index (χ0n) is 11.0. The fraction of sp³-hybridized carbons (Fsp3) is 0.417. The number of nitrogens with zero attached hydrogens (tertiary/aromatic N) is 4. The predicted molar refractivity (Wildman–Crippen MR) is 85.3 cm³/mol. The summed E-state index contributed by atoms with van der Waals surface area (Å²) in [5, 5.41) is 9.16. The van der Waals surface area contributed by atoms with Crippen LogP contribution in [0.5, 0.6) is 0 Å². The van der Waals surface area contributed by atoms with Crippen molar-refractivity contribution in [1.29, 1.82) is 0 Å². The van der Waals surface area contributed by atoms with Gasteiger partial charge in [0.25, 0.3) is 5.56 Å². The molecule has 20 heavy (non-hydrogen) atoms. The zero-order chi connectivity index (χ0) is 14.9. The molecule has 0 aliphatic heterocycles. The Balaban J connectivity index is 2.47. The maximum Gasteiger partial charge on any atom is 0.282 e. The Kier molecular flexibility index (Phi) is 5.04. The predicted octanol–water partition coefficient (Wildman–Crippen LogP) is 3.25. The highest BCUT2D eigenvalue weighted by atomic mass is 79.9. The van der Waals surface area contributed by atoms with Gasteiger partial charge in [-0.2, -0.15) is 10.2 Å². The van der Waals surface area contributed by atoms with E-state index in [0.29, 0.717) is 27.1 Å². The largest absolute Gasteiger partial charge is 0.282 e. The summed E-state index contributed by atoms with van der Waals surface area (Å²) in [6, 6.07) is 0. The molecule has 0 aliphatic rings. The van der Waals surface area contributed by atoms with E-state index in [1.165, 1.54) is 4.68 Å². The summed E-state index contributed by atoms with van der Waals surface area (Å²) in [5.74, 6) is 0. The first kappa shape index (κ1) is 15.7. The van der Waals surface area contributed by atoms with Crippen LogP contribution in [0.3, 0.4) is 0 Å². The lowest BCUT2D eigenvalue weighted by Crippen LogP contribution is -2.25. The van der Waals surface area contributed by atoms with E-state index in [1.54, 1.807) is 6.20 Å². The fourth-order valence-corrected chi connectivity index (χ4v) is 2.76. The van der Waals surface area contributed by atoms with Crippen LogP contribution in [0, 0.1) is 0 Å². The first-order chi connectivity index (χ1) is 9.49. The smallest absolute Gasteiger partial charge is 0.266 e. The van der Waals surface area contributed by atoms with Crippen LogP contribution in [-0.4, -0.2) is 19.6 Å². The number of aryl methyl sites for hydroxylation is 2. The van der Waals surface area contributed by atoms with Gasteiger partial charge < -0.3 is 0 Å². The monoisotopic (exact) mass is 422 g/mol. The molecular formula is C12H13Br2ClN4O. The normalized spacial score (nSPS) is 11.1. The van der Waals surface area contributed by atoms with Gasteiger partial charge in [0.2, 0.25) is 0 Å². The van der Waals surface area contributed by atoms with Crippen molar-refractivity contribution in [2.24, 2.45) is 0 Å². The van der Waals surface area contributed by atoms with Gasteiger partial charge in [0, 0.05) is 6.54 Å². The summed E-state index contributed by atoms with van der Waals surface area (Å²) >= 11 is 12.8.